The monoisotopic (exact) mass is 259 g/mol. The van der Waals surface area contributed by atoms with Gasteiger partial charge in [0.15, 0.2) is 0 Å². The second kappa shape index (κ2) is 5.44. The fourth-order valence-corrected chi connectivity index (χ4v) is 4.30. The zero-order valence-corrected chi connectivity index (χ0v) is 10.1. The first kappa shape index (κ1) is 12.4. The predicted molar refractivity (Wildman–Crippen MR) is 58.5 cm³/mol. The highest BCUT2D eigenvalue weighted by Crippen LogP contribution is 2.10. The molecule has 0 aromatic rings. The number of alkyl halides is 1. The molecule has 0 aromatic heterocycles. The third-order valence-electron chi connectivity index (χ3n) is 2.08. The zero-order valence-electron chi connectivity index (χ0n) is 7.74. The zero-order chi connectivity index (χ0) is 10.6. The lowest BCUT2D eigenvalue weighted by atomic mass is 10.2. The summed E-state index contributed by atoms with van der Waals surface area (Å²) < 4.78 is 36.2. The van der Waals surface area contributed by atoms with Crippen molar-refractivity contribution in [3.63, 3.8) is 0 Å². The highest BCUT2D eigenvalue weighted by atomic mass is 35.5. The van der Waals surface area contributed by atoms with E-state index >= 15 is 0 Å². The minimum absolute atomic E-state index is 0.0475. The van der Waals surface area contributed by atoms with Crippen LogP contribution in [0.1, 0.15) is 12.8 Å². The summed E-state index contributed by atoms with van der Waals surface area (Å²) in [6.45, 7) is 0. The summed E-state index contributed by atoms with van der Waals surface area (Å²) in [4.78, 5) is 0. The van der Waals surface area contributed by atoms with Gasteiger partial charge in [0, 0.05) is 34.2 Å². The van der Waals surface area contributed by atoms with E-state index in [1.165, 1.54) is 0 Å². The topological polar surface area (TPSA) is 63.2 Å². The Labute approximate surface area is 91.9 Å². The van der Waals surface area contributed by atoms with Gasteiger partial charge >= 0.3 is 0 Å². The number of hydrogen-bond donors (Lipinski definition) is 1. The molecule has 1 rings (SSSR count). The summed E-state index contributed by atoms with van der Waals surface area (Å²) in [5.41, 5.74) is 0. The van der Waals surface area contributed by atoms with Gasteiger partial charge in [-0.05, 0) is 12.8 Å². The van der Waals surface area contributed by atoms with Gasteiger partial charge < -0.3 is 0 Å². The first-order chi connectivity index (χ1) is 6.53. The molecule has 0 saturated carbocycles. The van der Waals surface area contributed by atoms with E-state index in [2.05, 4.69) is 4.72 Å². The lowest BCUT2D eigenvalue weighted by Gasteiger charge is -2.22. The van der Waals surface area contributed by atoms with E-state index in [0.717, 1.165) is 0 Å². The van der Waals surface area contributed by atoms with Crippen LogP contribution in [0.3, 0.4) is 0 Å². The molecule has 1 saturated heterocycles. The molecule has 0 aliphatic carbocycles. The van der Waals surface area contributed by atoms with Gasteiger partial charge in [0.2, 0.25) is 10.0 Å². The minimum Gasteiger partial charge on any atom is -0.260 e. The quantitative estimate of drug-likeness (QED) is 0.726. The second-order valence-corrected chi connectivity index (χ2v) is 7.20. The third kappa shape index (κ3) is 4.25. The van der Waals surface area contributed by atoms with E-state index < -0.39 is 20.8 Å². The van der Waals surface area contributed by atoms with Crippen LogP contribution < -0.4 is 4.72 Å². The molecule has 0 bridgehead atoms. The maximum Gasteiger partial charge on any atom is 0.213 e. The van der Waals surface area contributed by atoms with Crippen molar-refractivity contribution < 1.29 is 12.6 Å². The maximum atomic E-state index is 11.3. The normalized spacial score (nSPS) is 28.9. The van der Waals surface area contributed by atoms with Crippen molar-refractivity contribution in [1.82, 2.24) is 4.72 Å². The summed E-state index contributed by atoms with van der Waals surface area (Å²) in [6, 6.07) is -0.0547. The summed E-state index contributed by atoms with van der Waals surface area (Å²) in [5, 5.41) is 0. The molecular formula is C7H14ClNO3S2. The average Bonchev–Trinajstić information content (AvgIpc) is 2.08. The first-order valence-electron chi connectivity index (χ1n) is 4.44. The van der Waals surface area contributed by atoms with Gasteiger partial charge in [-0.25, -0.2) is 13.1 Å². The van der Waals surface area contributed by atoms with Gasteiger partial charge in [-0.2, -0.15) is 0 Å². The van der Waals surface area contributed by atoms with Crippen molar-refractivity contribution in [2.45, 2.75) is 18.9 Å². The lowest BCUT2D eigenvalue weighted by Crippen LogP contribution is -2.40. The summed E-state index contributed by atoms with van der Waals surface area (Å²) in [6.07, 6.45) is 1.32. The van der Waals surface area contributed by atoms with Crippen molar-refractivity contribution in [3.8, 4) is 0 Å². The molecule has 14 heavy (non-hydrogen) atoms. The Morgan fingerprint density at radius 2 is 1.93 bits per heavy atom. The number of halogens is 1. The molecule has 7 heteroatoms. The molecule has 0 amide bonds. The van der Waals surface area contributed by atoms with Crippen LogP contribution in [0.15, 0.2) is 0 Å². The van der Waals surface area contributed by atoms with Gasteiger partial charge in [-0.3, -0.25) is 4.21 Å². The van der Waals surface area contributed by atoms with Crippen LogP contribution in [0.2, 0.25) is 0 Å². The molecule has 0 radical (unpaired) electrons. The van der Waals surface area contributed by atoms with Gasteiger partial charge in [-0.1, -0.05) is 0 Å². The molecule has 0 spiro atoms. The Balaban J connectivity index is 2.41. The third-order valence-corrected chi connectivity index (χ3v) is 5.31. The largest absolute Gasteiger partial charge is 0.260 e. The smallest absolute Gasteiger partial charge is 0.213 e. The van der Waals surface area contributed by atoms with Crippen molar-refractivity contribution in [1.29, 1.82) is 0 Å². The Kier molecular flexibility index (Phi) is 4.82. The molecular weight excluding hydrogens is 246 g/mol. The molecule has 4 nitrogen and oxygen atoms in total. The first-order valence-corrected chi connectivity index (χ1v) is 8.12. The van der Waals surface area contributed by atoms with Crippen LogP contribution in [-0.4, -0.2) is 41.8 Å². The molecule has 1 heterocycles. The van der Waals surface area contributed by atoms with Crippen molar-refractivity contribution in [2.75, 3.05) is 23.1 Å². The summed E-state index contributed by atoms with van der Waals surface area (Å²) >= 11 is 5.36. The number of hydrogen-bond acceptors (Lipinski definition) is 3. The SMILES string of the molecule is O=S1CCC(NS(=O)(=O)CCCl)CC1. The molecule has 1 fully saturated rings. The molecule has 1 aliphatic heterocycles. The predicted octanol–water partition coefficient (Wildman–Crippen LogP) is 0.0557. The standard InChI is InChI=1S/C7H14ClNO3S2/c8-3-6-14(11,12)9-7-1-4-13(10)5-2-7/h7,9H,1-6H2. The van der Waals surface area contributed by atoms with E-state index in [1.807, 2.05) is 0 Å². The van der Waals surface area contributed by atoms with Crippen LogP contribution in [-0.2, 0) is 20.8 Å². The van der Waals surface area contributed by atoms with Crippen LogP contribution in [0.4, 0.5) is 0 Å². The van der Waals surface area contributed by atoms with E-state index in [9.17, 15) is 12.6 Å². The van der Waals surface area contributed by atoms with Gasteiger partial charge in [-0.15, -0.1) is 11.6 Å². The van der Waals surface area contributed by atoms with E-state index in [4.69, 9.17) is 11.6 Å². The average molecular weight is 260 g/mol. The second-order valence-electron chi connectivity index (χ2n) is 3.25. The lowest BCUT2D eigenvalue weighted by molar-refractivity contribution is 0.523. The van der Waals surface area contributed by atoms with Crippen LogP contribution in [0.5, 0.6) is 0 Å². The van der Waals surface area contributed by atoms with Crippen LogP contribution in [0, 0.1) is 0 Å². The van der Waals surface area contributed by atoms with Crippen molar-refractivity contribution in [2.24, 2.45) is 0 Å². The molecule has 1 aliphatic rings. The Morgan fingerprint density at radius 1 is 1.36 bits per heavy atom. The molecule has 84 valence electrons. The Morgan fingerprint density at radius 3 is 2.43 bits per heavy atom. The number of nitrogens with one attached hydrogen (secondary N) is 1. The summed E-state index contributed by atoms with van der Waals surface area (Å²) in [7, 11) is -3.98. The molecule has 0 unspecified atom stereocenters. The van der Waals surface area contributed by atoms with Crippen LogP contribution >= 0.6 is 11.6 Å². The van der Waals surface area contributed by atoms with Crippen LogP contribution in [0.25, 0.3) is 0 Å². The molecule has 0 atom stereocenters. The minimum atomic E-state index is -3.23. The number of sulfonamides is 1. The maximum absolute atomic E-state index is 11.3. The van der Waals surface area contributed by atoms with Gasteiger partial charge in [0.05, 0.1) is 5.75 Å². The molecule has 1 N–H and O–H groups in total. The van der Waals surface area contributed by atoms with Gasteiger partial charge in [0.1, 0.15) is 0 Å². The van der Waals surface area contributed by atoms with Gasteiger partial charge in [0.25, 0.3) is 0 Å². The highest BCUT2D eigenvalue weighted by molar-refractivity contribution is 7.89. The van der Waals surface area contributed by atoms with E-state index in [0.29, 0.717) is 24.3 Å². The Hall–Kier alpha value is 0.350. The van der Waals surface area contributed by atoms with Crippen molar-refractivity contribution in [3.05, 3.63) is 0 Å². The fraction of sp³-hybridized carbons (Fsp3) is 1.00. The van der Waals surface area contributed by atoms with E-state index in [1.54, 1.807) is 0 Å². The fourth-order valence-electron chi connectivity index (χ4n) is 1.33. The molecule has 0 aromatic carbocycles. The Bertz CT molecular complexity index is 294. The number of rotatable bonds is 4. The summed E-state index contributed by atoms with van der Waals surface area (Å²) in [5.74, 6) is 1.24. The van der Waals surface area contributed by atoms with Crippen molar-refractivity contribution >= 4 is 32.4 Å². The van der Waals surface area contributed by atoms with E-state index in [-0.39, 0.29) is 17.7 Å². The highest BCUT2D eigenvalue weighted by Gasteiger charge is 2.22.